The van der Waals surface area contributed by atoms with Gasteiger partial charge in [-0.3, -0.25) is 9.59 Å². The first kappa shape index (κ1) is 22.8. The molecule has 3 rings (SSSR count). The van der Waals surface area contributed by atoms with Crippen LogP contribution in [-0.4, -0.2) is 50.1 Å². The van der Waals surface area contributed by atoms with Gasteiger partial charge in [-0.25, -0.2) is 0 Å². The third kappa shape index (κ3) is 7.40. The van der Waals surface area contributed by atoms with Gasteiger partial charge < -0.3 is 19.7 Å². The van der Waals surface area contributed by atoms with E-state index in [0.717, 1.165) is 42.7 Å². The Morgan fingerprint density at radius 2 is 1.87 bits per heavy atom. The molecule has 166 valence electrons. The SMILES string of the molecule is COCCN(CCc1ccccc1)C(=O)CCCCOc1ccc2c(c1)CCC(=O)N2. The van der Waals surface area contributed by atoms with E-state index in [-0.39, 0.29) is 11.8 Å². The van der Waals surface area contributed by atoms with E-state index >= 15 is 0 Å². The molecule has 0 radical (unpaired) electrons. The number of aryl methyl sites for hydroxylation is 1. The molecular formula is C25H32N2O4. The van der Waals surface area contributed by atoms with E-state index in [0.29, 0.717) is 39.1 Å². The van der Waals surface area contributed by atoms with E-state index in [1.165, 1.54) is 5.56 Å². The average molecular weight is 425 g/mol. The van der Waals surface area contributed by atoms with Gasteiger partial charge in [-0.15, -0.1) is 0 Å². The van der Waals surface area contributed by atoms with Gasteiger partial charge in [0.2, 0.25) is 11.8 Å². The van der Waals surface area contributed by atoms with E-state index in [2.05, 4.69) is 17.4 Å². The van der Waals surface area contributed by atoms with Gasteiger partial charge in [-0.1, -0.05) is 30.3 Å². The van der Waals surface area contributed by atoms with Gasteiger partial charge >= 0.3 is 0 Å². The maximum Gasteiger partial charge on any atom is 0.224 e. The second-order valence-corrected chi connectivity index (χ2v) is 7.78. The summed E-state index contributed by atoms with van der Waals surface area (Å²) in [6, 6.07) is 16.0. The number of amides is 2. The molecule has 1 heterocycles. The first-order chi connectivity index (χ1) is 15.2. The zero-order chi connectivity index (χ0) is 21.9. The zero-order valence-electron chi connectivity index (χ0n) is 18.3. The first-order valence-electron chi connectivity index (χ1n) is 11.0. The molecule has 0 atom stereocenters. The number of nitrogens with zero attached hydrogens (tertiary/aromatic N) is 1. The summed E-state index contributed by atoms with van der Waals surface area (Å²) in [6.45, 7) is 2.43. The fraction of sp³-hybridized carbons (Fsp3) is 0.440. The molecule has 1 aliphatic rings. The first-order valence-corrected chi connectivity index (χ1v) is 11.0. The van der Waals surface area contributed by atoms with Gasteiger partial charge in [0.1, 0.15) is 5.75 Å². The number of fused-ring (bicyclic) bond motifs is 1. The second kappa shape index (κ2) is 12.1. The maximum atomic E-state index is 12.7. The standard InChI is InChI=1S/C25H32N2O4/c1-30-18-16-27(15-14-20-7-3-2-4-8-20)25(29)9-5-6-17-31-22-11-12-23-21(19-22)10-13-24(28)26-23/h2-4,7-8,11-12,19H,5-6,9-10,13-18H2,1H3,(H,26,28). The van der Waals surface area contributed by atoms with Crippen molar-refractivity contribution in [1.82, 2.24) is 4.90 Å². The monoisotopic (exact) mass is 424 g/mol. The van der Waals surface area contributed by atoms with Crippen molar-refractivity contribution < 1.29 is 19.1 Å². The molecule has 1 aliphatic heterocycles. The van der Waals surface area contributed by atoms with Crippen molar-refractivity contribution in [3.05, 3.63) is 59.7 Å². The molecule has 0 bridgehead atoms. The van der Waals surface area contributed by atoms with Gasteiger partial charge in [0.15, 0.2) is 0 Å². The molecule has 2 amide bonds. The molecule has 31 heavy (non-hydrogen) atoms. The molecule has 0 aromatic heterocycles. The predicted molar refractivity (Wildman–Crippen MR) is 121 cm³/mol. The Morgan fingerprint density at radius 3 is 2.68 bits per heavy atom. The van der Waals surface area contributed by atoms with Crippen molar-refractivity contribution in [2.75, 3.05) is 38.7 Å². The third-order valence-electron chi connectivity index (χ3n) is 5.46. The van der Waals surface area contributed by atoms with E-state index in [4.69, 9.17) is 9.47 Å². The van der Waals surface area contributed by atoms with Crippen molar-refractivity contribution in [3.8, 4) is 5.75 Å². The van der Waals surface area contributed by atoms with Gasteiger partial charge in [0.05, 0.1) is 13.2 Å². The number of ether oxygens (including phenoxy) is 2. The van der Waals surface area contributed by atoms with Crippen LogP contribution in [0.15, 0.2) is 48.5 Å². The molecule has 1 N–H and O–H groups in total. The lowest BCUT2D eigenvalue weighted by molar-refractivity contribution is -0.132. The number of anilines is 1. The van der Waals surface area contributed by atoms with Gasteiger partial charge in [0.25, 0.3) is 0 Å². The molecule has 2 aromatic rings. The normalized spacial score (nSPS) is 12.7. The molecule has 0 spiro atoms. The number of methoxy groups -OCH3 is 1. The van der Waals surface area contributed by atoms with Crippen molar-refractivity contribution in [1.29, 1.82) is 0 Å². The minimum absolute atomic E-state index is 0.0640. The number of hydrogen-bond acceptors (Lipinski definition) is 4. The molecular weight excluding hydrogens is 392 g/mol. The summed E-state index contributed by atoms with van der Waals surface area (Å²) < 4.78 is 11.0. The summed E-state index contributed by atoms with van der Waals surface area (Å²) in [5, 5.41) is 2.88. The van der Waals surface area contributed by atoms with Gasteiger partial charge in [-0.2, -0.15) is 0 Å². The molecule has 0 saturated heterocycles. The number of carbonyl (C=O) groups is 2. The Bertz CT molecular complexity index is 854. The fourth-order valence-electron chi connectivity index (χ4n) is 3.65. The van der Waals surface area contributed by atoms with Crippen molar-refractivity contribution >= 4 is 17.5 Å². The number of benzene rings is 2. The molecule has 0 saturated carbocycles. The van der Waals surface area contributed by atoms with Crippen LogP contribution in [0.4, 0.5) is 5.69 Å². The summed E-state index contributed by atoms with van der Waals surface area (Å²) in [4.78, 5) is 26.0. The highest BCUT2D eigenvalue weighted by Crippen LogP contribution is 2.26. The van der Waals surface area contributed by atoms with Crippen LogP contribution in [-0.2, 0) is 27.2 Å². The average Bonchev–Trinajstić information content (AvgIpc) is 2.79. The Kier molecular flexibility index (Phi) is 8.91. The topological polar surface area (TPSA) is 67.9 Å². The van der Waals surface area contributed by atoms with Crippen LogP contribution >= 0.6 is 0 Å². The lowest BCUT2D eigenvalue weighted by Gasteiger charge is -2.22. The van der Waals surface area contributed by atoms with Crippen LogP contribution in [0.25, 0.3) is 0 Å². The molecule has 0 aliphatic carbocycles. The van der Waals surface area contributed by atoms with E-state index < -0.39 is 0 Å². The van der Waals surface area contributed by atoms with Crippen LogP contribution < -0.4 is 10.1 Å². The van der Waals surface area contributed by atoms with Gasteiger partial charge in [0, 0.05) is 38.7 Å². The number of hydrogen-bond donors (Lipinski definition) is 1. The summed E-state index contributed by atoms with van der Waals surface area (Å²) >= 11 is 0. The quantitative estimate of drug-likeness (QED) is 0.526. The highest BCUT2D eigenvalue weighted by molar-refractivity contribution is 5.94. The van der Waals surface area contributed by atoms with E-state index in [1.54, 1.807) is 7.11 Å². The highest BCUT2D eigenvalue weighted by Gasteiger charge is 2.15. The van der Waals surface area contributed by atoms with Crippen molar-refractivity contribution in [2.45, 2.75) is 38.5 Å². The summed E-state index contributed by atoms with van der Waals surface area (Å²) in [7, 11) is 1.66. The van der Waals surface area contributed by atoms with Crippen LogP contribution in [0.1, 0.15) is 36.8 Å². The van der Waals surface area contributed by atoms with E-state index in [9.17, 15) is 9.59 Å². The number of rotatable bonds is 12. The van der Waals surface area contributed by atoms with Gasteiger partial charge in [-0.05, 0) is 55.0 Å². The highest BCUT2D eigenvalue weighted by atomic mass is 16.5. The number of nitrogens with one attached hydrogen (secondary N) is 1. The third-order valence-corrected chi connectivity index (χ3v) is 5.46. The molecule has 0 unspecified atom stereocenters. The Hall–Kier alpha value is -2.86. The number of carbonyl (C=O) groups excluding carboxylic acids is 2. The Morgan fingerprint density at radius 1 is 1.03 bits per heavy atom. The molecule has 2 aromatic carbocycles. The van der Waals surface area contributed by atoms with Crippen LogP contribution in [0.5, 0.6) is 5.75 Å². The summed E-state index contributed by atoms with van der Waals surface area (Å²) in [5.74, 6) is 1.04. The minimum Gasteiger partial charge on any atom is -0.494 e. The van der Waals surface area contributed by atoms with Crippen LogP contribution in [0.2, 0.25) is 0 Å². The van der Waals surface area contributed by atoms with Crippen molar-refractivity contribution in [3.63, 3.8) is 0 Å². The lowest BCUT2D eigenvalue weighted by atomic mass is 10.0. The Labute approximate surface area is 184 Å². The predicted octanol–water partition coefficient (Wildman–Crippen LogP) is 3.84. The lowest BCUT2D eigenvalue weighted by Crippen LogP contribution is -2.35. The largest absolute Gasteiger partial charge is 0.494 e. The van der Waals surface area contributed by atoms with Crippen LogP contribution in [0.3, 0.4) is 0 Å². The van der Waals surface area contributed by atoms with E-state index in [1.807, 2.05) is 41.3 Å². The second-order valence-electron chi connectivity index (χ2n) is 7.78. The molecule has 6 heteroatoms. The maximum absolute atomic E-state index is 12.7. The van der Waals surface area contributed by atoms with Crippen molar-refractivity contribution in [2.24, 2.45) is 0 Å². The summed E-state index contributed by atoms with van der Waals surface area (Å²) in [5.41, 5.74) is 3.22. The molecule has 0 fully saturated rings. The smallest absolute Gasteiger partial charge is 0.224 e. The summed E-state index contributed by atoms with van der Waals surface area (Å²) in [6.07, 6.45) is 4.22. The minimum atomic E-state index is 0.0640. The molecule has 6 nitrogen and oxygen atoms in total. The van der Waals surface area contributed by atoms with Crippen LogP contribution in [0, 0.1) is 0 Å². The Balaban J connectivity index is 1.38. The number of unbranched alkanes of at least 4 members (excludes halogenated alkanes) is 1. The zero-order valence-corrected chi connectivity index (χ0v) is 18.3. The fourth-order valence-corrected chi connectivity index (χ4v) is 3.65.